The van der Waals surface area contributed by atoms with Crippen molar-refractivity contribution in [2.45, 2.75) is 19.4 Å². The van der Waals surface area contributed by atoms with Crippen molar-refractivity contribution in [1.82, 2.24) is 19.7 Å². The summed E-state index contributed by atoms with van der Waals surface area (Å²) in [7, 11) is 4.00. The highest BCUT2D eigenvalue weighted by Gasteiger charge is 2.26. The van der Waals surface area contributed by atoms with Crippen LogP contribution in [-0.4, -0.2) is 19.7 Å². The number of fused-ring (bicyclic) bond motifs is 1. The second-order valence-electron chi connectivity index (χ2n) is 8.45. The number of nitrogen functional groups attached to an aromatic ring is 1. The minimum Gasteiger partial charge on any atom is -0.480 e. The number of aryl methyl sites for hydroxylation is 2. The van der Waals surface area contributed by atoms with Crippen LogP contribution >= 0.6 is 9.47 Å². The van der Waals surface area contributed by atoms with Crippen LogP contribution in [0.2, 0.25) is 0 Å². The van der Waals surface area contributed by atoms with Crippen LogP contribution in [-0.2, 0) is 13.5 Å². The van der Waals surface area contributed by atoms with Gasteiger partial charge in [0.25, 0.3) is 0 Å². The summed E-state index contributed by atoms with van der Waals surface area (Å²) < 4.78 is 22.6. The molecule has 0 saturated carbocycles. The van der Waals surface area contributed by atoms with Crippen molar-refractivity contribution in [3.05, 3.63) is 95.7 Å². The minimum atomic E-state index is -0.625. The molecular weight excluding hydrogens is 474 g/mol. The monoisotopic (exact) mass is 500 g/mol. The zero-order valence-electron chi connectivity index (χ0n) is 19.9. The summed E-state index contributed by atoms with van der Waals surface area (Å²) in [6, 6.07) is 20.0. The predicted octanol–water partition coefficient (Wildman–Crippen LogP) is 5.68. The summed E-state index contributed by atoms with van der Waals surface area (Å²) in [6.45, 7) is 2.00. The second-order valence-corrected chi connectivity index (χ2v) is 8.68. The summed E-state index contributed by atoms with van der Waals surface area (Å²) in [6.07, 6.45) is 2.35. The molecule has 5 rings (SSSR count). The lowest BCUT2D eigenvalue weighted by atomic mass is 9.99. The van der Waals surface area contributed by atoms with Crippen molar-refractivity contribution in [1.29, 1.82) is 0 Å². The van der Waals surface area contributed by atoms with Gasteiger partial charge >= 0.3 is 0 Å². The molecule has 2 heterocycles. The molecule has 182 valence electrons. The minimum absolute atomic E-state index is 0.402. The zero-order chi connectivity index (χ0) is 25.2. The molecule has 0 aliphatic carbocycles. The molecule has 2 aromatic heterocycles. The predicted molar refractivity (Wildman–Crippen MR) is 144 cm³/mol. The number of nitrogens with zero attached hydrogens (tertiary/aromatic N) is 4. The second kappa shape index (κ2) is 9.91. The van der Waals surface area contributed by atoms with E-state index in [-0.39, 0.29) is 0 Å². The highest BCUT2D eigenvalue weighted by atomic mass is 31.0. The van der Waals surface area contributed by atoms with Crippen molar-refractivity contribution in [2.24, 2.45) is 7.05 Å². The van der Waals surface area contributed by atoms with E-state index in [1.54, 1.807) is 10.9 Å². The fraction of sp³-hybridized carbons (Fsp3) is 0.148. The average Bonchev–Trinajstić information content (AvgIpc) is 3.29. The number of halogens is 1. The van der Waals surface area contributed by atoms with Crippen LogP contribution in [0.3, 0.4) is 0 Å². The van der Waals surface area contributed by atoms with Gasteiger partial charge in [0.2, 0.25) is 0 Å². The number of nitrogens with one attached hydrogen (secondary N) is 1. The molecular formula is C27H26FN6OP. The highest BCUT2D eigenvalue weighted by Crippen LogP contribution is 2.34. The Balaban J connectivity index is 1.65. The summed E-state index contributed by atoms with van der Waals surface area (Å²) >= 11 is 0. The molecule has 0 radical (unpaired) electrons. The lowest BCUT2D eigenvalue weighted by Gasteiger charge is -2.22. The highest BCUT2D eigenvalue weighted by molar-refractivity contribution is 7.10. The van der Waals surface area contributed by atoms with E-state index >= 15 is 4.39 Å². The SMILES string of the molecule is CCc1cc(C(Nc2ccc3c(N)nccc3c2)c2nc(-c3ccccc3)nn2C)c(F)cc1OP. The maximum atomic E-state index is 15.5. The Labute approximate surface area is 210 Å². The molecule has 5 aromatic rings. The third kappa shape index (κ3) is 4.48. The molecule has 0 saturated heterocycles. The van der Waals surface area contributed by atoms with E-state index in [9.17, 15) is 0 Å². The molecule has 7 nitrogen and oxygen atoms in total. The smallest absolute Gasteiger partial charge is 0.181 e. The molecule has 0 bridgehead atoms. The van der Waals surface area contributed by atoms with Crippen molar-refractivity contribution in [3.8, 4) is 17.1 Å². The van der Waals surface area contributed by atoms with Crippen LogP contribution in [0.1, 0.15) is 29.9 Å². The summed E-state index contributed by atoms with van der Waals surface area (Å²) in [5.41, 5.74) is 9.03. The summed E-state index contributed by atoms with van der Waals surface area (Å²) in [5, 5.41) is 9.89. The number of pyridine rings is 1. The Bertz CT molecular complexity index is 1540. The van der Waals surface area contributed by atoms with Gasteiger partial charge < -0.3 is 15.6 Å². The van der Waals surface area contributed by atoms with Crippen molar-refractivity contribution >= 4 is 31.7 Å². The van der Waals surface area contributed by atoms with Crippen LogP contribution in [0.25, 0.3) is 22.2 Å². The quantitative estimate of drug-likeness (QED) is 0.279. The first-order chi connectivity index (χ1) is 17.5. The molecule has 0 amide bonds. The van der Waals surface area contributed by atoms with E-state index in [1.165, 1.54) is 6.07 Å². The van der Waals surface area contributed by atoms with Gasteiger partial charge in [0.1, 0.15) is 23.4 Å². The fourth-order valence-electron chi connectivity index (χ4n) is 4.32. The van der Waals surface area contributed by atoms with Gasteiger partial charge in [-0.1, -0.05) is 37.3 Å². The number of hydrogen-bond donors (Lipinski definition) is 2. The molecule has 2 unspecified atom stereocenters. The van der Waals surface area contributed by atoms with E-state index in [1.807, 2.05) is 74.6 Å². The van der Waals surface area contributed by atoms with Crippen molar-refractivity contribution in [2.75, 3.05) is 11.1 Å². The van der Waals surface area contributed by atoms with E-state index in [2.05, 4.69) is 24.9 Å². The molecule has 3 aromatic carbocycles. The van der Waals surface area contributed by atoms with Crippen molar-refractivity contribution < 1.29 is 8.91 Å². The average molecular weight is 501 g/mol. The topological polar surface area (TPSA) is 90.9 Å². The molecule has 0 aliphatic rings. The van der Waals surface area contributed by atoms with Gasteiger partial charge in [0, 0.05) is 41.5 Å². The van der Waals surface area contributed by atoms with Gasteiger partial charge in [0.05, 0.1) is 9.47 Å². The first kappa shape index (κ1) is 23.7. The number of hydrogen-bond acceptors (Lipinski definition) is 6. The van der Waals surface area contributed by atoms with Crippen LogP contribution < -0.4 is 15.6 Å². The van der Waals surface area contributed by atoms with Crippen LogP contribution in [0.4, 0.5) is 15.9 Å². The molecule has 9 heteroatoms. The Morgan fingerprint density at radius 1 is 1.11 bits per heavy atom. The van der Waals surface area contributed by atoms with Crippen LogP contribution in [0.5, 0.6) is 5.75 Å². The van der Waals surface area contributed by atoms with Gasteiger partial charge in [0.15, 0.2) is 11.6 Å². The van der Waals surface area contributed by atoms with Crippen LogP contribution in [0, 0.1) is 5.82 Å². The van der Waals surface area contributed by atoms with E-state index < -0.39 is 11.9 Å². The van der Waals surface area contributed by atoms with Gasteiger partial charge in [-0.15, -0.1) is 0 Å². The molecule has 0 spiro atoms. The molecule has 0 aliphatic heterocycles. The Kier molecular flexibility index (Phi) is 6.53. The van der Waals surface area contributed by atoms with Crippen LogP contribution in [0.15, 0.2) is 72.9 Å². The van der Waals surface area contributed by atoms with E-state index in [0.717, 1.165) is 27.6 Å². The van der Waals surface area contributed by atoms with Crippen molar-refractivity contribution in [3.63, 3.8) is 0 Å². The lowest BCUT2D eigenvalue weighted by Crippen LogP contribution is -2.19. The van der Waals surface area contributed by atoms with Gasteiger partial charge in [-0.2, -0.15) is 5.10 Å². The number of rotatable bonds is 7. The summed E-state index contributed by atoms with van der Waals surface area (Å²) in [5.74, 6) is 1.69. The molecule has 2 atom stereocenters. The summed E-state index contributed by atoms with van der Waals surface area (Å²) in [4.78, 5) is 8.98. The number of aromatic nitrogens is 4. The van der Waals surface area contributed by atoms with E-state index in [0.29, 0.717) is 35.2 Å². The molecule has 3 N–H and O–H groups in total. The number of benzene rings is 3. The number of nitrogens with two attached hydrogens (primary N) is 1. The van der Waals surface area contributed by atoms with Gasteiger partial charge in [-0.05, 0) is 47.7 Å². The standard InChI is InChI=1S/C27H26FN6OP/c1-3-16-14-21(22(28)15-23(16)35-36)24(27-32-26(33-34(27)2)17-7-5-4-6-8-17)31-19-9-10-20-18(13-19)11-12-30-25(20)29/h4-15,24,31H,3,36H2,1-2H3,(H2,29,30). The third-order valence-corrected chi connectivity index (χ3v) is 6.45. The lowest BCUT2D eigenvalue weighted by molar-refractivity contribution is 0.569. The van der Waals surface area contributed by atoms with Gasteiger partial charge in [-0.3, -0.25) is 4.68 Å². The molecule has 36 heavy (non-hydrogen) atoms. The maximum absolute atomic E-state index is 15.5. The zero-order valence-corrected chi connectivity index (χ0v) is 21.1. The largest absolute Gasteiger partial charge is 0.480 e. The number of anilines is 2. The van der Waals surface area contributed by atoms with Gasteiger partial charge in [-0.25, -0.2) is 14.4 Å². The van der Waals surface area contributed by atoms with E-state index in [4.69, 9.17) is 15.2 Å². The fourth-order valence-corrected chi connectivity index (χ4v) is 4.54. The maximum Gasteiger partial charge on any atom is 0.181 e. The first-order valence-corrected chi connectivity index (χ1v) is 12.0. The normalized spacial score (nSPS) is 12.0. The molecule has 0 fully saturated rings. The Hall–Kier alpha value is -4.03. The Morgan fingerprint density at radius 3 is 2.67 bits per heavy atom. The first-order valence-electron chi connectivity index (χ1n) is 11.5. The third-order valence-electron chi connectivity index (χ3n) is 6.19. The Morgan fingerprint density at radius 2 is 1.92 bits per heavy atom.